The first-order valence-electron chi connectivity index (χ1n) is 9.35. The fourth-order valence-corrected chi connectivity index (χ4v) is 4.31. The zero-order valence-electron chi connectivity index (χ0n) is 15.6. The maximum Gasteiger partial charge on any atom is 0.223 e. The summed E-state index contributed by atoms with van der Waals surface area (Å²) in [6.07, 6.45) is 6.59. The monoisotopic (exact) mass is 354 g/mol. The molecule has 2 fully saturated rings. The third-order valence-electron chi connectivity index (χ3n) is 5.98. The number of hydrogen-bond donors (Lipinski definition) is 0. The molecule has 1 spiro atoms. The van der Waals surface area contributed by atoms with Crippen molar-refractivity contribution >= 4 is 5.91 Å². The van der Waals surface area contributed by atoms with Crippen molar-refractivity contribution in [3.05, 3.63) is 47.1 Å². The zero-order valence-corrected chi connectivity index (χ0v) is 15.6. The van der Waals surface area contributed by atoms with Gasteiger partial charge in [0.05, 0.1) is 12.2 Å². The van der Waals surface area contributed by atoms with Crippen LogP contribution in [0.2, 0.25) is 0 Å². The lowest BCUT2D eigenvalue weighted by atomic mass is 9.77. The van der Waals surface area contributed by atoms with Crippen molar-refractivity contribution in [2.75, 3.05) is 19.6 Å². The van der Waals surface area contributed by atoms with Crippen LogP contribution in [0.25, 0.3) is 0 Å². The Morgan fingerprint density at radius 1 is 1.23 bits per heavy atom. The highest BCUT2D eigenvalue weighted by Gasteiger charge is 2.45. The lowest BCUT2D eigenvalue weighted by molar-refractivity contribution is -0.128. The molecular weight excluding hydrogens is 328 g/mol. The molecule has 2 aliphatic rings. The minimum absolute atomic E-state index is 0.140. The number of hydrogen-bond acceptors (Lipinski definition) is 5. The van der Waals surface area contributed by atoms with Gasteiger partial charge in [0.2, 0.25) is 5.91 Å². The van der Waals surface area contributed by atoms with Crippen LogP contribution in [0.5, 0.6) is 0 Å². The standard InChI is InChI=1S/C20H26N4O2/c1-15-18(16(2)26-22-15)13-24-14-20(10-19(24)25)5-8-23(9-6-20)12-17-4-3-7-21-11-17/h3-4,7,11H,5-6,8-10,12-14H2,1-2H3. The molecule has 26 heavy (non-hydrogen) atoms. The van der Waals surface area contributed by atoms with Crippen LogP contribution in [0.1, 0.15) is 41.8 Å². The second-order valence-electron chi connectivity index (χ2n) is 7.87. The fourth-order valence-electron chi connectivity index (χ4n) is 4.31. The van der Waals surface area contributed by atoms with Crippen LogP contribution in [-0.4, -0.2) is 45.5 Å². The van der Waals surface area contributed by atoms with Gasteiger partial charge in [0.25, 0.3) is 0 Å². The van der Waals surface area contributed by atoms with E-state index in [1.165, 1.54) is 5.56 Å². The van der Waals surface area contributed by atoms with E-state index in [1.54, 1.807) is 0 Å². The van der Waals surface area contributed by atoms with Crippen molar-refractivity contribution in [2.45, 2.75) is 46.2 Å². The molecule has 2 aliphatic heterocycles. The molecule has 0 unspecified atom stereocenters. The highest BCUT2D eigenvalue weighted by Crippen LogP contribution is 2.42. The summed E-state index contributed by atoms with van der Waals surface area (Å²) in [6, 6.07) is 4.12. The summed E-state index contributed by atoms with van der Waals surface area (Å²) in [5, 5.41) is 4.01. The summed E-state index contributed by atoms with van der Waals surface area (Å²) in [6.45, 7) is 8.38. The molecule has 6 heteroatoms. The lowest BCUT2D eigenvalue weighted by Gasteiger charge is -2.38. The van der Waals surface area contributed by atoms with Crippen molar-refractivity contribution in [3.8, 4) is 0 Å². The van der Waals surface area contributed by atoms with E-state index in [1.807, 2.05) is 37.2 Å². The Balaban J connectivity index is 1.36. The molecule has 0 N–H and O–H groups in total. The number of aromatic nitrogens is 2. The minimum atomic E-state index is 0.140. The van der Waals surface area contributed by atoms with Crippen LogP contribution in [0.15, 0.2) is 29.0 Å². The Morgan fingerprint density at radius 2 is 2.04 bits per heavy atom. The molecule has 2 aromatic rings. The van der Waals surface area contributed by atoms with Crippen molar-refractivity contribution < 1.29 is 9.32 Å². The predicted molar refractivity (Wildman–Crippen MR) is 97.2 cm³/mol. The van der Waals surface area contributed by atoms with Gasteiger partial charge in [-0.2, -0.15) is 0 Å². The largest absolute Gasteiger partial charge is 0.361 e. The summed E-state index contributed by atoms with van der Waals surface area (Å²) in [4.78, 5) is 21.3. The summed E-state index contributed by atoms with van der Waals surface area (Å²) in [7, 11) is 0. The third kappa shape index (κ3) is 3.38. The number of likely N-dealkylation sites (tertiary alicyclic amines) is 2. The Bertz CT molecular complexity index is 759. The number of rotatable bonds is 4. The molecule has 4 rings (SSSR count). The molecule has 2 aromatic heterocycles. The van der Waals surface area contributed by atoms with E-state index in [4.69, 9.17) is 4.52 Å². The van der Waals surface area contributed by atoms with Gasteiger partial charge in [-0.1, -0.05) is 11.2 Å². The first-order valence-corrected chi connectivity index (χ1v) is 9.35. The topological polar surface area (TPSA) is 62.5 Å². The average Bonchev–Trinajstić information content (AvgIpc) is 3.12. The highest BCUT2D eigenvalue weighted by molar-refractivity contribution is 5.79. The van der Waals surface area contributed by atoms with Crippen molar-refractivity contribution in [1.29, 1.82) is 0 Å². The molecule has 0 aromatic carbocycles. The third-order valence-corrected chi connectivity index (χ3v) is 5.98. The number of pyridine rings is 1. The predicted octanol–water partition coefficient (Wildman–Crippen LogP) is 2.70. The molecule has 0 saturated carbocycles. The van der Waals surface area contributed by atoms with Gasteiger partial charge in [-0.05, 0) is 56.8 Å². The van der Waals surface area contributed by atoms with Gasteiger partial charge in [0.1, 0.15) is 5.76 Å². The summed E-state index contributed by atoms with van der Waals surface area (Å²) >= 11 is 0. The zero-order chi connectivity index (χ0) is 18.1. The quantitative estimate of drug-likeness (QED) is 0.845. The molecule has 0 bridgehead atoms. The number of carbonyl (C=O) groups is 1. The van der Waals surface area contributed by atoms with Crippen LogP contribution in [-0.2, 0) is 17.9 Å². The van der Waals surface area contributed by atoms with Gasteiger partial charge in [0.15, 0.2) is 0 Å². The van der Waals surface area contributed by atoms with E-state index < -0.39 is 0 Å². The van der Waals surface area contributed by atoms with Crippen LogP contribution in [0.4, 0.5) is 0 Å². The van der Waals surface area contributed by atoms with Gasteiger partial charge >= 0.3 is 0 Å². The van der Waals surface area contributed by atoms with E-state index >= 15 is 0 Å². The Hall–Kier alpha value is -2.21. The summed E-state index contributed by atoms with van der Waals surface area (Å²) < 4.78 is 5.25. The van der Waals surface area contributed by atoms with Crippen LogP contribution in [0.3, 0.4) is 0 Å². The van der Waals surface area contributed by atoms with Crippen LogP contribution >= 0.6 is 0 Å². The molecule has 4 heterocycles. The molecule has 2 saturated heterocycles. The maximum atomic E-state index is 12.6. The Kier molecular flexibility index (Phi) is 4.53. The summed E-state index contributed by atoms with van der Waals surface area (Å²) in [5.41, 5.74) is 3.35. The second kappa shape index (κ2) is 6.83. The first kappa shape index (κ1) is 17.2. The fraction of sp³-hybridized carbons (Fsp3) is 0.550. The van der Waals surface area contributed by atoms with E-state index in [9.17, 15) is 4.79 Å². The van der Waals surface area contributed by atoms with E-state index in [2.05, 4.69) is 21.1 Å². The Labute approximate surface area is 154 Å². The van der Waals surface area contributed by atoms with Gasteiger partial charge in [-0.15, -0.1) is 0 Å². The number of carbonyl (C=O) groups excluding carboxylic acids is 1. The van der Waals surface area contributed by atoms with Gasteiger partial charge in [0, 0.05) is 37.5 Å². The van der Waals surface area contributed by atoms with E-state index in [-0.39, 0.29) is 11.3 Å². The lowest BCUT2D eigenvalue weighted by Crippen LogP contribution is -2.41. The van der Waals surface area contributed by atoms with E-state index in [0.29, 0.717) is 13.0 Å². The highest BCUT2D eigenvalue weighted by atomic mass is 16.5. The molecule has 1 amide bonds. The van der Waals surface area contributed by atoms with E-state index in [0.717, 1.165) is 56.0 Å². The van der Waals surface area contributed by atoms with Gasteiger partial charge in [-0.25, -0.2) is 0 Å². The van der Waals surface area contributed by atoms with Gasteiger partial charge < -0.3 is 9.42 Å². The molecular formula is C20H26N4O2. The SMILES string of the molecule is Cc1noc(C)c1CN1CC2(CCN(Cc3cccnc3)CC2)CC1=O. The number of amides is 1. The minimum Gasteiger partial charge on any atom is -0.361 e. The number of piperidine rings is 1. The molecule has 0 radical (unpaired) electrons. The van der Waals surface area contributed by atoms with Crippen molar-refractivity contribution in [3.63, 3.8) is 0 Å². The van der Waals surface area contributed by atoms with Crippen molar-refractivity contribution in [2.24, 2.45) is 5.41 Å². The number of aryl methyl sites for hydroxylation is 2. The van der Waals surface area contributed by atoms with Crippen LogP contribution < -0.4 is 0 Å². The smallest absolute Gasteiger partial charge is 0.223 e. The average molecular weight is 354 g/mol. The van der Waals surface area contributed by atoms with Gasteiger partial charge in [-0.3, -0.25) is 14.7 Å². The molecule has 0 aliphatic carbocycles. The number of nitrogens with zero attached hydrogens (tertiary/aromatic N) is 4. The van der Waals surface area contributed by atoms with Crippen LogP contribution in [0, 0.1) is 19.3 Å². The molecule has 6 nitrogen and oxygen atoms in total. The first-order chi connectivity index (χ1) is 12.5. The maximum absolute atomic E-state index is 12.6. The molecule has 138 valence electrons. The molecule has 0 atom stereocenters. The second-order valence-corrected chi connectivity index (χ2v) is 7.87. The Morgan fingerprint density at radius 3 is 2.69 bits per heavy atom. The van der Waals surface area contributed by atoms with Crippen molar-refractivity contribution in [1.82, 2.24) is 19.9 Å². The normalized spacial score (nSPS) is 20.2. The summed E-state index contributed by atoms with van der Waals surface area (Å²) in [5.74, 6) is 1.09.